The molecule has 0 radical (unpaired) electrons. The lowest BCUT2D eigenvalue weighted by Gasteiger charge is -2.38. The molecule has 0 fully saturated rings. The van der Waals surface area contributed by atoms with Crippen LogP contribution in [-0.2, 0) is 10.8 Å². The molecule has 1 aliphatic carbocycles. The standard InChI is InChI=1S/C25H27FN2OSSi.C10H4BrFN2S/c1-25(2,3)31(4,5)29-22-12-10-18-19(22)7-6-8-20(18)23-15-28-24(30-23)16-9-11-21(26)17(13-16)14-27;11-9-5-14-10(15-9)6-1-2-8(12)7(3-6)4-13/h6-9,11,13,15,22H,10,12H2,1-5H3;1-3,5H/t22-;/m0./s1. The first kappa shape index (κ1) is 33.8. The Morgan fingerprint density at radius 3 is 2.02 bits per heavy atom. The van der Waals surface area contributed by atoms with Gasteiger partial charge < -0.3 is 4.43 Å². The molecular formula is C35H31BrF2N4OS2Si. The van der Waals surface area contributed by atoms with Gasteiger partial charge in [0, 0.05) is 17.3 Å². The second-order valence-corrected chi connectivity index (χ2v) is 20.6. The summed E-state index contributed by atoms with van der Waals surface area (Å²) in [5, 5.41) is 19.5. The van der Waals surface area contributed by atoms with Crippen molar-refractivity contribution in [3.8, 4) is 43.7 Å². The molecule has 5 aromatic rings. The van der Waals surface area contributed by atoms with Gasteiger partial charge in [-0.1, -0.05) is 39.0 Å². The monoisotopic (exact) mass is 732 g/mol. The van der Waals surface area contributed by atoms with Crippen molar-refractivity contribution in [1.29, 1.82) is 10.5 Å². The van der Waals surface area contributed by atoms with Gasteiger partial charge in [0.05, 0.1) is 32.1 Å². The van der Waals surface area contributed by atoms with Crippen LogP contribution in [0.15, 0.2) is 70.8 Å². The van der Waals surface area contributed by atoms with Gasteiger partial charge in [-0.05, 0) is 100.0 Å². The molecule has 0 aliphatic heterocycles. The van der Waals surface area contributed by atoms with Crippen molar-refractivity contribution in [2.24, 2.45) is 0 Å². The van der Waals surface area contributed by atoms with Crippen LogP contribution in [0.4, 0.5) is 8.78 Å². The van der Waals surface area contributed by atoms with Gasteiger partial charge in [0.25, 0.3) is 0 Å². The first-order chi connectivity index (χ1) is 21.8. The predicted octanol–water partition coefficient (Wildman–Crippen LogP) is 11.1. The van der Waals surface area contributed by atoms with E-state index in [1.165, 1.54) is 46.2 Å². The van der Waals surface area contributed by atoms with Crippen molar-refractivity contribution < 1.29 is 13.2 Å². The maximum Gasteiger partial charge on any atom is 0.192 e. The second-order valence-electron chi connectivity index (χ2n) is 12.4. The van der Waals surface area contributed by atoms with Gasteiger partial charge in [-0.3, -0.25) is 0 Å². The fourth-order valence-corrected chi connectivity index (χ4v) is 8.39. The molecule has 0 saturated heterocycles. The van der Waals surface area contributed by atoms with Crippen LogP contribution in [0.3, 0.4) is 0 Å². The fourth-order valence-electron chi connectivity index (χ4n) is 4.91. The van der Waals surface area contributed by atoms with Crippen LogP contribution in [0.5, 0.6) is 0 Å². The van der Waals surface area contributed by atoms with E-state index < -0.39 is 20.0 Å². The van der Waals surface area contributed by atoms with E-state index in [1.807, 2.05) is 12.3 Å². The summed E-state index contributed by atoms with van der Waals surface area (Å²) in [6, 6.07) is 19.1. The lowest BCUT2D eigenvalue weighted by atomic mass is 10.0. The molecule has 6 rings (SSSR count). The van der Waals surface area contributed by atoms with Gasteiger partial charge in [-0.15, -0.1) is 22.7 Å². The fraction of sp³-hybridized carbons (Fsp3) is 0.257. The topological polar surface area (TPSA) is 82.6 Å². The van der Waals surface area contributed by atoms with Crippen molar-refractivity contribution in [3.05, 3.63) is 105 Å². The van der Waals surface area contributed by atoms with E-state index in [1.54, 1.807) is 41.8 Å². The molecule has 1 aliphatic rings. The molecule has 0 N–H and O–H groups in total. The molecule has 3 aromatic carbocycles. The average molecular weight is 734 g/mol. The van der Waals surface area contributed by atoms with Gasteiger partial charge in [-0.2, -0.15) is 10.5 Å². The van der Waals surface area contributed by atoms with Crippen molar-refractivity contribution in [1.82, 2.24) is 9.97 Å². The average Bonchev–Trinajstić information content (AvgIpc) is 3.78. The summed E-state index contributed by atoms with van der Waals surface area (Å²) in [6.07, 6.45) is 5.71. The van der Waals surface area contributed by atoms with Crippen molar-refractivity contribution in [3.63, 3.8) is 0 Å². The summed E-state index contributed by atoms with van der Waals surface area (Å²) in [7, 11) is -1.86. The summed E-state index contributed by atoms with van der Waals surface area (Å²) < 4.78 is 34.4. The zero-order valence-corrected chi connectivity index (χ0v) is 30.2. The molecule has 0 unspecified atom stereocenters. The van der Waals surface area contributed by atoms with Crippen LogP contribution in [0.2, 0.25) is 18.1 Å². The molecule has 234 valence electrons. The quantitative estimate of drug-likeness (QED) is 0.168. The first-order valence-corrected chi connectivity index (χ1v) is 19.9. The van der Waals surface area contributed by atoms with E-state index >= 15 is 0 Å². The molecule has 11 heteroatoms. The SMILES string of the molecule is CC(C)(C)[Si](C)(C)O[C@H]1CCc2c(-c3cnc(-c4ccc(F)c(C#N)c4)s3)cccc21.N#Cc1cc(-c2ncc(Br)s2)ccc1F. The largest absolute Gasteiger partial charge is 0.410 e. The highest BCUT2D eigenvalue weighted by Gasteiger charge is 2.41. The summed E-state index contributed by atoms with van der Waals surface area (Å²) in [4.78, 5) is 9.78. The van der Waals surface area contributed by atoms with Gasteiger partial charge >= 0.3 is 0 Å². The Morgan fingerprint density at radius 2 is 1.48 bits per heavy atom. The van der Waals surface area contributed by atoms with E-state index in [4.69, 9.17) is 14.9 Å². The van der Waals surface area contributed by atoms with Crippen LogP contribution in [0.1, 0.15) is 55.5 Å². The minimum absolute atomic E-state index is 0.0406. The van der Waals surface area contributed by atoms with Crippen LogP contribution in [0.25, 0.3) is 31.6 Å². The van der Waals surface area contributed by atoms with Crippen LogP contribution >= 0.6 is 38.6 Å². The maximum absolute atomic E-state index is 13.7. The Bertz CT molecular complexity index is 1990. The first-order valence-electron chi connectivity index (χ1n) is 14.6. The van der Waals surface area contributed by atoms with Gasteiger partial charge in [0.15, 0.2) is 8.32 Å². The Labute approximate surface area is 285 Å². The number of aromatic nitrogens is 2. The van der Waals surface area contributed by atoms with Crippen LogP contribution in [0, 0.1) is 34.3 Å². The van der Waals surface area contributed by atoms with E-state index in [0.717, 1.165) is 42.6 Å². The molecule has 1 atom stereocenters. The minimum atomic E-state index is -1.86. The summed E-state index contributed by atoms with van der Waals surface area (Å²) in [5.74, 6) is -1.01. The molecular weight excluding hydrogens is 703 g/mol. The molecule has 0 bridgehead atoms. The van der Waals surface area contributed by atoms with Gasteiger partial charge in [0.1, 0.15) is 33.8 Å². The number of halogens is 3. The number of hydrogen-bond acceptors (Lipinski definition) is 7. The third kappa shape index (κ3) is 7.20. The summed E-state index contributed by atoms with van der Waals surface area (Å²) >= 11 is 6.31. The third-order valence-corrected chi connectivity index (χ3v) is 15.5. The van der Waals surface area contributed by atoms with Gasteiger partial charge in [0.2, 0.25) is 0 Å². The third-order valence-electron chi connectivity index (χ3n) is 8.37. The summed E-state index contributed by atoms with van der Waals surface area (Å²) in [6.45, 7) is 11.4. The van der Waals surface area contributed by atoms with E-state index in [0.29, 0.717) is 0 Å². The maximum atomic E-state index is 13.7. The number of fused-ring (bicyclic) bond motifs is 1. The predicted molar refractivity (Wildman–Crippen MR) is 187 cm³/mol. The van der Waals surface area contributed by atoms with Crippen LogP contribution < -0.4 is 0 Å². The Kier molecular flexibility index (Phi) is 10.0. The molecule has 0 spiro atoms. The number of rotatable bonds is 5. The van der Waals surface area contributed by atoms with E-state index in [9.17, 15) is 8.78 Å². The number of nitrogens with zero attached hydrogens (tertiary/aromatic N) is 4. The number of hydrogen-bond donors (Lipinski definition) is 0. The van der Waals surface area contributed by atoms with Crippen LogP contribution in [-0.4, -0.2) is 18.3 Å². The number of benzene rings is 3. The highest BCUT2D eigenvalue weighted by atomic mass is 79.9. The van der Waals surface area contributed by atoms with Gasteiger partial charge in [-0.25, -0.2) is 18.7 Å². The summed E-state index contributed by atoms with van der Waals surface area (Å²) in [5.41, 5.74) is 5.44. The van der Waals surface area contributed by atoms with E-state index in [-0.39, 0.29) is 22.3 Å². The molecule has 2 aromatic heterocycles. The zero-order chi connectivity index (χ0) is 33.2. The smallest absolute Gasteiger partial charge is 0.192 e. The lowest BCUT2D eigenvalue weighted by Crippen LogP contribution is -2.41. The Balaban J connectivity index is 0.000000232. The Morgan fingerprint density at radius 1 is 0.891 bits per heavy atom. The van der Waals surface area contributed by atoms with Crippen molar-refractivity contribution in [2.45, 2.75) is 57.8 Å². The minimum Gasteiger partial charge on any atom is -0.410 e. The molecule has 0 saturated carbocycles. The highest BCUT2D eigenvalue weighted by Crippen LogP contribution is 2.46. The lowest BCUT2D eigenvalue weighted by molar-refractivity contribution is 0.185. The molecule has 5 nitrogen and oxygen atoms in total. The van der Waals surface area contributed by atoms with Crippen molar-refractivity contribution in [2.75, 3.05) is 0 Å². The number of thiazole rings is 2. The molecule has 46 heavy (non-hydrogen) atoms. The molecule has 0 amide bonds. The van der Waals surface area contributed by atoms with E-state index in [2.05, 4.69) is 78.0 Å². The Hall–Kier alpha value is -3.58. The zero-order valence-electron chi connectivity index (χ0n) is 26.0. The molecule has 2 heterocycles. The number of nitriles is 2. The second kappa shape index (κ2) is 13.6. The highest BCUT2D eigenvalue weighted by molar-refractivity contribution is 9.11. The van der Waals surface area contributed by atoms with Crippen molar-refractivity contribution >= 4 is 46.9 Å². The normalized spacial score (nSPS) is 14.2.